The van der Waals surface area contributed by atoms with E-state index < -0.39 is 6.10 Å². The van der Waals surface area contributed by atoms with E-state index in [1.54, 1.807) is 17.8 Å². The Morgan fingerprint density at radius 3 is 2.50 bits per heavy atom. The van der Waals surface area contributed by atoms with Gasteiger partial charge in [-0.15, -0.1) is 11.8 Å². The number of thioether (sulfide) groups is 1. The maximum atomic E-state index is 13.0. The predicted octanol–water partition coefficient (Wildman–Crippen LogP) is 3.82. The summed E-state index contributed by atoms with van der Waals surface area (Å²) in [5, 5.41) is 10.1. The van der Waals surface area contributed by atoms with Crippen LogP contribution in [-0.4, -0.2) is 11.4 Å². The van der Waals surface area contributed by atoms with Crippen LogP contribution in [0.2, 0.25) is 0 Å². The second-order valence-electron chi connectivity index (χ2n) is 4.12. The number of benzene rings is 2. The molecule has 2 aromatic carbocycles. The molecule has 0 aliphatic heterocycles. The summed E-state index contributed by atoms with van der Waals surface area (Å²) >= 11 is 1.66. The Hall–Kier alpha value is -1.32. The molecule has 0 saturated heterocycles. The molecule has 1 nitrogen and oxygen atoms in total. The van der Waals surface area contributed by atoms with Crippen molar-refractivity contribution in [1.29, 1.82) is 0 Å². The van der Waals surface area contributed by atoms with Crippen LogP contribution in [0, 0.1) is 5.82 Å². The van der Waals surface area contributed by atoms with Gasteiger partial charge in [-0.25, -0.2) is 4.39 Å². The molecule has 0 bridgehead atoms. The topological polar surface area (TPSA) is 20.2 Å². The van der Waals surface area contributed by atoms with Crippen LogP contribution in [0.5, 0.6) is 0 Å². The molecule has 0 aromatic heterocycles. The lowest BCUT2D eigenvalue weighted by Gasteiger charge is -2.11. The van der Waals surface area contributed by atoms with Crippen LogP contribution < -0.4 is 0 Å². The first-order valence-corrected chi connectivity index (χ1v) is 6.98. The molecular formula is C15H15FOS. The molecule has 18 heavy (non-hydrogen) atoms. The van der Waals surface area contributed by atoms with Gasteiger partial charge in [-0.3, -0.25) is 0 Å². The highest BCUT2D eigenvalue weighted by atomic mass is 32.2. The first kappa shape index (κ1) is 13.1. The average molecular weight is 262 g/mol. The van der Waals surface area contributed by atoms with Gasteiger partial charge < -0.3 is 5.11 Å². The third-order valence-corrected chi connectivity index (χ3v) is 3.56. The van der Waals surface area contributed by atoms with E-state index in [0.717, 1.165) is 16.0 Å². The van der Waals surface area contributed by atoms with E-state index in [-0.39, 0.29) is 5.82 Å². The molecule has 0 radical (unpaired) electrons. The maximum absolute atomic E-state index is 13.0. The maximum Gasteiger partial charge on any atom is 0.123 e. The fourth-order valence-corrected chi connectivity index (χ4v) is 2.24. The van der Waals surface area contributed by atoms with Crippen molar-refractivity contribution in [3.05, 3.63) is 65.5 Å². The van der Waals surface area contributed by atoms with E-state index >= 15 is 0 Å². The molecule has 1 N–H and O–H groups in total. The molecule has 0 aliphatic carbocycles. The lowest BCUT2D eigenvalue weighted by molar-refractivity contribution is 0.178. The van der Waals surface area contributed by atoms with Crippen LogP contribution in [0.25, 0.3) is 0 Å². The molecule has 1 unspecified atom stereocenters. The van der Waals surface area contributed by atoms with Gasteiger partial charge in [0.25, 0.3) is 0 Å². The summed E-state index contributed by atoms with van der Waals surface area (Å²) in [6, 6.07) is 14.1. The number of halogens is 1. The van der Waals surface area contributed by atoms with Gasteiger partial charge in [0.15, 0.2) is 0 Å². The van der Waals surface area contributed by atoms with Crippen molar-refractivity contribution in [2.75, 3.05) is 6.26 Å². The predicted molar refractivity (Wildman–Crippen MR) is 73.3 cm³/mol. The summed E-state index contributed by atoms with van der Waals surface area (Å²) in [6.07, 6.45) is 1.84. The van der Waals surface area contributed by atoms with Crippen molar-refractivity contribution < 1.29 is 9.50 Å². The molecule has 0 aliphatic rings. The highest BCUT2D eigenvalue weighted by molar-refractivity contribution is 7.98. The Labute approximate surface area is 111 Å². The summed E-state index contributed by atoms with van der Waals surface area (Å²) < 4.78 is 13.0. The highest BCUT2D eigenvalue weighted by Crippen LogP contribution is 2.22. The lowest BCUT2D eigenvalue weighted by Crippen LogP contribution is -2.01. The van der Waals surface area contributed by atoms with Crippen molar-refractivity contribution in [2.24, 2.45) is 0 Å². The first-order valence-electron chi connectivity index (χ1n) is 5.75. The third-order valence-electron chi connectivity index (χ3n) is 2.82. The van der Waals surface area contributed by atoms with Crippen LogP contribution in [-0.2, 0) is 6.42 Å². The fourth-order valence-electron chi connectivity index (χ4n) is 1.83. The van der Waals surface area contributed by atoms with Crippen molar-refractivity contribution in [2.45, 2.75) is 17.4 Å². The minimum atomic E-state index is -0.595. The van der Waals surface area contributed by atoms with Crippen molar-refractivity contribution in [3.8, 4) is 0 Å². The minimum Gasteiger partial charge on any atom is -0.388 e. The molecule has 3 heteroatoms. The van der Waals surface area contributed by atoms with Gasteiger partial charge in [-0.2, -0.15) is 0 Å². The monoisotopic (exact) mass is 262 g/mol. The molecule has 0 spiro atoms. The summed E-state index contributed by atoms with van der Waals surface area (Å²) in [7, 11) is 0. The molecule has 0 amide bonds. The summed E-state index contributed by atoms with van der Waals surface area (Å²) in [5.41, 5.74) is 1.66. The van der Waals surface area contributed by atoms with Gasteiger partial charge in [0.05, 0.1) is 6.10 Å². The number of aliphatic hydroxyl groups excluding tert-OH is 1. The van der Waals surface area contributed by atoms with Crippen LogP contribution in [0.1, 0.15) is 17.2 Å². The Balaban J connectivity index is 2.09. The SMILES string of the molecule is CSc1ccc(C(O)Cc2cccc(F)c2)cc1. The van der Waals surface area contributed by atoms with E-state index in [0.29, 0.717) is 6.42 Å². The highest BCUT2D eigenvalue weighted by Gasteiger charge is 2.09. The zero-order valence-corrected chi connectivity index (χ0v) is 11.0. The summed E-state index contributed by atoms with van der Waals surface area (Å²) in [6.45, 7) is 0. The summed E-state index contributed by atoms with van der Waals surface area (Å²) in [5.74, 6) is -0.266. The third kappa shape index (κ3) is 3.34. The molecule has 0 saturated carbocycles. The van der Waals surface area contributed by atoms with Crippen LogP contribution >= 0.6 is 11.8 Å². The van der Waals surface area contributed by atoms with Crippen LogP contribution in [0.4, 0.5) is 4.39 Å². The minimum absolute atomic E-state index is 0.266. The quantitative estimate of drug-likeness (QED) is 0.845. The standard InChI is InChI=1S/C15H15FOS/c1-18-14-7-5-12(6-8-14)15(17)10-11-3-2-4-13(16)9-11/h2-9,15,17H,10H2,1H3. The number of hydrogen-bond donors (Lipinski definition) is 1. The smallest absolute Gasteiger partial charge is 0.123 e. The summed E-state index contributed by atoms with van der Waals surface area (Å²) in [4.78, 5) is 1.16. The molecule has 2 aromatic rings. The normalized spacial score (nSPS) is 12.4. The lowest BCUT2D eigenvalue weighted by atomic mass is 10.0. The molecule has 0 heterocycles. The number of hydrogen-bond acceptors (Lipinski definition) is 2. The van der Waals surface area contributed by atoms with Gasteiger partial charge in [-0.05, 0) is 41.6 Å². The van der Waals surface area contributed by atoms with Crippen molar-refractivity contribution >= 4 is 11.8 Å². The van der Waals surface area contributed by atoms with Crippen molar-refractivity contribution in [1.82, 2.24) is 0 Å². The fraction of sp³-hybridized carbons (Fsp3) is 0.200. The van der Waals surface area contributed by atoms with E-state index in [4.69, 9.17) is 0 Å². The largest absolute Gasteiger partial charge is 0.388 e. The molecule has 94 valence electrons. The Morgan fingerprint density at radius 2 is 1.89 bits per heavy atom. The number of aliphatic hydroxyl groups is 1. The Kier molecular flexibility index (Phi) is 4.39. The molecule has 0 fully saturated rings. The second kappa shape index (κ2) is 6.03. The molecular weight excluding hydrogens is 247 g/mol. The van der Waals surface area contributed by atoms with Gasteiger partial charge in [0.1, 0.15) is 5.82 Å². The van der Waals surface area contributed by atoms with Gasteiger partial charge in [0.2, 0.25) is 0 Å². The van der Waals surface area contributed by atoms with Crippen molar-refractivity contribution in [3.63, 3.8) is 0 Å². The van der Waals surface area contributed by atoms with E-state index in [2.05, 4.69) is 0 Å². The zero-order chi connectivity index (χ0) is 13.0. The Bertz CT molecular complexity index is 510. The van der Waals surface area contributed by atoms with Crippen LogP contribution in [0.15, 0.2) is 53.4 Å². The average Bonchev–Trinajstić information content (AvgIpc) is 2.39. The molecule has 1 atom stereocenters. The van der Waals surface area contributed by atoms with E-state index in [1.165, 1.54) is 12.1 Å². The molecule has 2 rings (SSSR count). The van der Waals surface area contributed by atoms with Gasteiger partial charge in [0, 0.05) is 11.3 Å². The zero-order valence-electron chi connectivity index (χ0n) is 10.1. The van der Waals surface area contributed by atoms with Gasteiger partial charge in [-0.1, -0.05) is 24.3 Å². The van der Waals surface area contributed by atoms with Crippen LogP contribution in [0.3, 0.4) is 0 Å². The van der Waals surface area contributed by atoms with E-state index in [1.807, 2.05) is 36.6 Å². The van der Waals surface area contributed by atoms with E-state index in [9.17, 15) is 9.50 Å². The van der Waals surface area contributed by atoms with Gasteiger partial charge >= 0.3 is 0 Å². The Morgan fingerprint density at radius 1 is 1.17 bits per heavy atom. The second-order valence-corrected chi connectivity index (χ2v) is 5.00. The first-order chi connectivity index (χ1) is 8.69. The number of rotatable bonds is 4.